The summed E-state index contributed by atoms with van der Waals surface area (Å²) in [5.74, 6) is 1.88. The van der Waals surface area contributed by atoms with Gasteiger partial charge in [0.25, 0.3) is 0 Å². The number of aryl methyl sites for hydroxylation is 1. The SMILES string of the molecule is Cc1ccc(CNC2CCC2O)o1. The molecule has 1 fully saturated rings. The summed E-state index contributed by atoms with van der Waals surface area (Å²) in [6, 6.07) is 4.19. The molecule has 0 radical (unpaired) electrons. The fourth-order valence-corrected chi connectivity index (χ4v) is 1.53. The minimum atomic E-state index is -0.156. The first-order valence-corrected chi connectivity index (χ1v) is 4.72. The third kappa shape index (κ3) is 1.92. The quantitative estimate of drug-likeness (QED) is 0.736. The first kappa shape index (κ1) is 8.78. The zero-order valence-electron chi connectivity index (χ0n) is 7.79. The Hall–Kier alpha value is -0.800. The van der Waals surface area contributed by atoms with Crippen LogP contribution in [0.2, 0.25) is 0 Å². The highest BCUT2D eigenvalue weighted by Gasteiger charge is 2.27. The Morgan fingerprint density at radius 2 is 2.38 bits per heavy atom. The highest BCUT2D eigenvalue weighted by molar-refractivity contribution is 5.05. The average Bonchev–Trinajstić information content (AvgIpc) is 2.49. The predicted octanol–water partition coefficient (Wildman–Crippen LogP) is 1.20. The Kier molecular flexibility index (Phi) is 2.38. The second-order valence-electron chi connectivity index (χ2n) is 3.64. The molecule has 0 spiro atoms. The van der Waals surface area contributed by atoms with Gasteiger partial charge in [-0.25, -0.2) is 0 Å². The summed E-state index contributed by atoms with van der Waals surface area (Å²) >= 11 is 0. The molecule has 0 aromatic carbocycles. The fraction of sp³-hybridized carbons (Fsp3) is 0.600. The summed E-state index contributed by atoms with van der Waals surface area (Å²) in [7, 11) is 0. The number of aliphatic hydroxyl groups excluding tert-OH is 1. The van der Waals surface area contributed by atoms with Crippen molar-refractivity contribution in [3.63, 3.8) is 0 Å². The van der Waals surface area contributed by atoms with Crippen molar-refractivity contribution in [2.45, 2.75) is 38.5 Å². The lowest BCUT2D eigenvalue weighted by Gasteiger charge is -2.32. The maximum atomic E-state index is 9.30. The van der Waals surface area contributed by atoms with Crippen LogP contribution in [0.5, 0.6) is 0 Å². The molecule has 1 aliphatic carbocycles. The van der Waals surface area contributed by atoms with Gasteiger partial charge in [-0.2, -0.15) is 0 Å². The third-order valence-corrected chi connectivity index (χ3v) is 2.57. The zero-order valence-corrected chi connectivity index (χ0v) is 7.79. The molecule has 2 atom stereocenters. The molecular weight excluding hydrogens is 166 g/mol. The number of rotatable bonds is 3. The molecule has 13 heavy (non-hydrogen) atoms. The van der Waals surface area contributed by atoms with Crippen LogP contribution < -0.4 is 5.32 Å². The van der Waals surface area contributed by atoms with Crippen LogP contribution in [0, 0.1) is 6.92 Å². The number of hydrogen-bond donors (Lipinski definition) is 2. The van der Waals surface area contributed by atoms with Gasteiger partial charge in [0.2, 0.25) is 0 Å². The van der Waals surface area contributed by atoms with Gasteiger partial charge in [-0.05, 0) is 31.9 Å². The van der Waals surface area contributed by atoms with E-state index >= 15 is 0 Å². The molecule has 2 rings (SSSR count). The van der Waals surface area contributed by atoms with Crippen molar-refractivity contribution >= 4 is 0 Å². The van der Waals surface area contributed by atoms with E-state index in [9.17, 15) is 5.11 Å². The Labute approximate surface area is 77.8 Å². The molecule has 1 saturated carbocycles. The Morgan fingerprint density at radius 1 is 1.54 bits per heavy atom. The summed E-state index contributed by atoms with van der Waals surface area (Å²) in [5, 5.41) is 12.6. The van der Waals surface area contributed by atoms with E-state index in [1.165, 1.54) is 0 Å². The van der Waals surface area contributed by atoms with Crippen LogP contribution in [0.4, 0.5) is 0 Å². The van der Waals surface area contributed by atoms with Gasteiger partial charge >= 0.3 is 0 Å². The molecule has 2 N–H and O–H groups in total. The maximum Gasteiger partial charge on any atom is 0.117 e. The van der Waals surface area contributed by atoms with E-state index < -0.39 is 0 Å². The molecule has 1 heterocycles. The van der Waals surface area contributed by atoms with E-state index in [1.54, 1.807) is 0 Å². The zero-order chi connectivity index (χ0) is 9.26. The monoisotopic (exact) mass is 181 g/mol. The Balaban J connectivity index is 1.79. The summed E-state index contributed by atoms with van der Waals surface area (Å²) in [5.41, 5.74) is 0. The molecule has 1 aromatic rings. The average molecular weight is 181 g/mol. The summed E-state index contributed by atoms with van der Waals surface area (Å²) in [4.78, 5) is 0. The van der Waals surface area contributed by atoms with Crippen molar-refractivity contribution < 1.29 is 9.52 Å². The van der Waals surface area contributed by atoms with Crippen LogP contribution in [-0.4, -0.2) is 17.3 Å². The van der Waals surface area contributed by atoms with Gasteiger partial charge in [-0.1, -0.05) is 0 Å². The van der Waals surface area contributed by atoms with Gasteiger partial charge in [-0.3, -0.25) is 0 Å². The molecule has 0 saturated heterocycles. The number of aliphatic hydroxyl groups is 1. The first-order valence-electron chi connectivity index (χ1n) is 4.72. The highest BCUT2D eigenvalue weighted by Crippen LogP contribution is 2.19. The van der Waals surface area contributed by atoms with E-state index in [1.807, 2.05) is 19.1 Å². The van der Waals surface area contributed by atoms with Crippen LogP contribution in [0.25, 0.3) is 0 Å². The maximum absolute atomic E-state index is 9.30. The van der Waals surface area contributed by atoms with Crippen molar-refractivity contribution in [2.24, 2.45) is 0 Å². The molecule has 0 bridgehead atoms. The van der Waals surface area contributed by atoms with Crippen LogP contribution >= 0.6 is 0 Å². The van der Waals surface area contributed by atoms with Gasteiger partial charge < -0.3 is 14.8 Å². The van der Waals surface area contributed by atoms with E-state index in [-0.39, 0.29) is 12.1 Å². The Bertz CT molecular complexity index is 282. The molecule has 3 heteroatoms. The molecule has 3 nitrogen and oxygen atoms in total. The molecule has 1 aromatic heterocycles. The van der Waals surface area contributed by atoms with Gasteiger partial charge in [0.15, 0.2) is 0 Å². The molecular formula is C10H15NO2. The summed E-state index contributed by atoms with van der Waals surface area (Å²) in [6.07, 6.45) is 1.84. The van der Waals surface area contributed by atoms with Crippen molar-refractivity contribution in [1.82, 2.24) is 5.32 Å². The van der Waals surface area contributed by atoms with Gasteiger partial charge in [0, 0.05) is 6.04 Å². The van der Waals surface area contributed by atoms with Crippen LogP contribution in [-0.2, 0) is 6.54 Å². The fourth-order valence-electron chi connectivity index (χ4n) is 1.53. The minimum Gasteiger partial charge on any atom is -0.465 e. The minimum absolute atomic E-state index is 0.156. The number of nitrogens with one attached hydrogen (secondary N) is 1. The third-order valence-electron chi connectivity index (χ3n) is 2.57. The first-order chi connectivity index (χ1) is 6.25. The Morgan fingerprint density at radius 3 is 2.85 bits per heavy atom. The van der Waals surface area contributed by atoms with Crippen molar-refractivity contribution in [2.75, 3.05) is 0 Å². The van der Waals surface area contributed by atoms with Crippen LogP contribution in [0.1, 0.15) is 24.4 Å². The van der Waals surface area contributed by atoms with Gasteiger partial charge in [0.05, 0.1) is 12.6 Å². The van der Waals surface area contributed by atoms with Crippen molar-refractivity contribution in [1.29, 1.82) is 0 Å². The molecule has 1 aliphatic rings. The molecule has 2 unspecified atom stereocenters. The largest absolute Gasteiger partial charge is 0.465 e. The lowest BCUT2D eigenvalue weighted by molar-refractivity contribution is 0.0484. The van der Waals surface area contributed by atoms with Crippen molar-refractivity contribution in [3.05, 3.63) is 23.7 Å². The summed E-state index contributed by atoms with van der Waals surface area (Å²) in [6.45, 7) is 2.65. The number of hydrogen-bond acceptors (Lipinski definition) is 3. The summed E-state index contributed by atoms with van der Waals surface area (Å²) < 4.78 is 5.39. The standard InChI is InChI=1S/C10H15NO2/c1-7-2-3-8(13-7)6-11-9-4-5-10(9)12/h2-3,9-12H,4-6H2,1H3. The lowest BCUT2D eigenvalue weighted by atomic mass is 9.89. The van der Waals surface area contributed by atoms with Gasteiger partial charge in [0.1, 0.15) is 11.5 Å². The second kappa shape index (κ2) is 3.52. The van der Waals surface area contributed by atoms with E-state index in [0.29, 0.717) is 0 Å². The van der Waals surface area contributed by atoms with E-state index in [2.05, 4.69) is 5.32 Å². The van der Waals surface area contributed by atoms with Gasteiger partial charge in [-0.15, -0.1) is 0 Å². The molecule has 0 amide bonds. The topological polar surface area (TPSA) is 45.4 Å². The predicted molar refractivity (Wildman–Crippen MR) is 49.3 cm³/mol. The smallest absolute Gasteiger partial charge is 0.117 e. The van der Waals surface area contributed by atoms with E-state index in [4.69, 9.17) is 4.42 Å². The van der Waals surface area contributed by atoms with Crippen LogP contribution in [0.3, 0.4) is 0 Å². The van der Waals surface area contributed by atoms with E-state index in [0.717, 1.165) is 30.9 Å². The normalized spacial score (nSPS) is 27.2. The molecule has 0 aliphatic heterocycles. The number of furan rings is 1. The van der Waals surface area contributed by atoms with Crippen molar-refractivity contribution in [3.8, 4) is 0 Å². The molecule has 72 valence electrons. The lowest BCUT2D eigenvalue weighted by Crippen LogP contribution is -2.47. The highest BCUT2D eigenvalue weighted by atomic mass is 16.3. The second-order valence-corrected chi connectivity index (χ2v) is 3.64. The van der Waals surface area contributed by atoms with Crippen LogP contribution in [0.15, 0.2) is 16.5 Å².